The van der Waals surface area contributed by atoms with Gasteiger partial charge in [-0.05, 0) is 18.2 Å². The number of rotatable bonds is 3. The number of aromatic hydroxyl groups is 9. The monoisotopic (exact) mass is 638 g/mol. The second-order valence-corrected chi connectivity index (χ2v) is 9.40. The number of hydrogen-bond acceptors (Lipinski definition) is 12. The summed E-state index contributed by atoms with van der Waals surface area (Å²) in [6.07, 6.45) is 0. The molecule has 0 spiro atoms. The van der Waals surface area contributed by atoms with Crippen LogP contribution in [0.1, 0.15) is 0 Å². The Morgan fingerprint density at radius 2 is 1.31 bits per heavy atom. The number of hydrogen-bond donors (Lipinski definition) is 9. The van der Waals surface area contributed by atoms with Gasteiger partial charge in [-0.1, -0.05) is 0 Å². The second kappa shape index (κ2) is 12.2. The number of methoxy groups -OCH3 is 1. The summed E-state index contributed by atoms with van der Waals surface area (Å²) in [7, 11) is 1.31. The van der Waals surface area contributed by atoms with Crippen molar-refractivity contribution in [2.75, 3.05) is 7.11 Å². The average Bonchev–Trinajstić information content (AvgIpc) is 2.95. The molecule has 0 amide bonds. The molecule has 0 atom stereocenters. The zero-order chi connectivity index (χ0) is 31.9. The van der Waals surface area contributed by atoms with Crippen molar-refractivity contribution >= 4 is 21.9 Å². The van der Waals surface area contributed by atoms with Crippen molar-refractivity contribution in [1.29, 1.82) is 0 Å². The van der Waals surface area contributed by atoms with Gasteiger partial charge in [0.25, 0.3) is 0 Å². The number of phenolic OH excluding ortho intramolecular Hbond substituents is 8. The van der Waals surface area contributed by atoms with Crippen LogP contribution in [0.25, 0.3) is 44.6 Å². The molecule has 2 aromatic heterocycles. The maximum absolute atomic E-state index is 12.0. The van der Waals surface area contributed by atoms with E-state index < -0.39 is 16.9 Å². The third kappa shape index (κ3) is 6.14. The predicted octanol–water partition coefficient (Wildman–Crippen LogP) is 2.20. The largest absolute Gasteiger partial charge is 1.00 e. The molecule has 0 saturated heterocycles. The Morgan fingerprint density at radius 1 is 0.644 bits per heavy atom. The van der Waals surface area contributed by atoms with E-state index in [1.54, 1.807) is 0 Å². The van der Waals surface area contributed by atoms with E-state index in [1.165, 1.54) is 55.6 Å². The maximum Gasteiger partial charge on any atom is 0.402 e. The molecule has 4 aromatic carbocycles. The van der Waals surface area contributed by atoms with Crippen LogP contribution in [-0.2, 0) is 0 Å². The summed E-state index contributed by atoms with van der Waals surface area (Å²) in [4.78, 5) is 12.0. The molecule has 9 N–H and O–H groups in total. The zero-order valence-electron chi connectivity index (χ0n) is 22.9. The SMILES string of the molecule is COc1cc(-c2[o+]c3cc(O)cc(O)c3cc2O)cc(O)c1O.O=c1cc(-c2ccc(O)c(O)c2)oc2cc(O)cc(O)c12.[Cl-]. The Kier molecular flexibility index (Phi) is 8.59. The number of halogens is 1. The highest BCUT2D eigenvalue weighted by Crippen LogP contribution is 2.44. The molecule has 0 aliphatic rings. The Bertz CT molecular complexity index is 2140. The second-order valence-electron chi connectivity index (χ2n) is 9.40. The third-order valence-corrected chi connectivity index (χ3v) is 6.42. The van der Waals surface area contributed by atoms with E-state index in [2.05, 4.69) is 0 Å². The molecule has 0 bridgehead atoms. The van der Waals surface area contributed by atoms with Crippen molar-refractivity contribution in [3.05, 3.63) is 77.0 Å². The zero-order valence-corrected chi connectivity index (χ0v) is 23.6. The van der Waals surface area contributed by atoms with Crippen LogP contribution in [-0.4, -0.2) is 53.1 Å². The van der Waals surface area contributed by atoms with E-state index in [4.69, 9.17) is 13.6 Å². The van der Waals surface area contributed by atoms with E-state index >= 15 is 0 Å². The van der Waals surface area contributed by atoms with Gasteiger partial charge in [-0.2, -0.15) is 0 Å². The molecule has 232 valence electrons. The van der Waals surface area contributed by atoms with Crippen LogP contribution < -0.4 is 22.6 Å². The Morgan fingerprint density at radius 3 is 2.00 bits per heavy atom. The molecule has 0 saturated carbocycles. The van der Waals surface area contributed by atoms with Crippen molar-refractivity contribution in [2.45, 2.75) is 0 Å². The van der Waals surface area contributed by atoms with Gasteiger partial charge in [0.2, 0.25) is 11.5 Å². The van der Waals surface area contributed by atoms with Gasteiger partial charge in [0.05, 0.1) is 18.7 Å². The summed E-state index contributed by atoms with van der Waals surface area (Å²) in [5, 5.41) is 86.9. The smallest absolute Gasteiger partial charge is 0.402 e. The van der Waals surface area contributed by atoms with E-state index in [0.29, 0.717) is 5.56 Å². The summed E-state index contributed by atoms with van der Waals surface area (Å²) in [6.45, 7) is 0. The highest BCUT2D eigenvalue weighted by Gasteiger charge is 2.26. The lowest BCUT2D eigenvalue weighted by atomic mass is 10.1. The first kappa shape index (κ1) is 31.7. The molecule has 0 radical (unpaired) electrons. The highest BCUT2D eigenvalue weighted by molar-refractivity contribution is 5.89. The van der Waals surface area contributed by atoms with Crippen LogP contribution in [0.4, 0.5) is 0 Å². The molecule has 0 aliphatic carbocycles. The van der Waals surface area contributed by atoms with E-state index in [9.17, 15) is 50.8 Å². The quantitative estimate of drug-likeness (QED) is 0.100. The molecule has 2 heterocycles. The average molecular weight is 639 g/mol. The molecular weight excluding hydrogens is 616 g/mol. The van der Waals surface area contributed by atoms with Crippen LogP contribution in [0, 0.1) is 0 Å². The van der Waals surface area contributed by atoms with Crippen LogP contribution in [0.5, 0.6) is 57.5 Å². The van der Waals surface area contributed by atoms with Crippen molar-refractivity contribution in [3.8, 4) is 80.1 Å². The molecule has 13 nitrogen and oxygen atoms in total. The number of fused-ring (bicyclic) bond motifs is 2. The van der Waals surface area contributed by atoms with Gasteiger partial charge in [-0.15, -0.1) is 0 Å². The lowest BCUT2D eigenvalue weighted by molar-refractivity contribution is -0.0000185. The van der Waals surface area contributed by atoms with Crippen molar-refractivity contribution < 1.29 is 71.9 Å². The molecule has 0 fully saturated rings. The highest BCUT2D eigenvalue weighted by atomic mass is 35.5. The van der Waals surface area contributed by atoms with Gasteiger partial charge in [-0.25, -0.2) is 4.42 Å². The fourth-order valence-corrected chi connectivity index (χ4v) is 4.35. The van der Waals surface area contributed by atoms with Crippen LogP contribution >= 0.6 is 0 Å². The number of ether oxygens (including phenoxy) is 1. The Balaban J connectivity index is 0.000000201. The fourth-order valence-electron chi connectivity index (χ4n) is 4.35. The third-order valence-electron chi connectivity index (χ3n) is 6.42. The van der Waals surface area contributed by atoms with Crippen molar-refractivity contribution in [2.24, 2.45) is 0 Å². The number of phenols is 8. The summed E-state index contributed by atoms with van der Waals surface area (Å²) in [5.74, 6) is -2.82. The van der Waals surface area contributed by atoms with Crippen LogP contribution in [0.3, 0.4) is 0 Å². The summed E-state index contributed by atoms with van der Waals surface area (Å²) in [5.41, 5.74) is 0.257. The summed E-state index contributed by atoms with van der Waals surface area (Å²) in [6, 6.07) is 13.6. The first-order valence-corrected chi connectivity index (χ1v) is 12.5. The first-order valence-electron chi connectivity index (χ1n) is 12.5. The van der Waals surface area contributed by atoms with Crippen molar-refractivity contribution in [1.82, 2.24) is 0 Å². The first-order chi connectivity index (χ1) is 20.9. The van der Waals surface area contributed by atoms with Crippen LogP contribution in [0.2, 0.25) is 0 Å². The van der Waals surface area contributed by atoms with Gasteiger partial charge in [0, 0.05) is 48.0 Å². The predicted molar refractivity (Wildman–Crippen MR) is 156 cm³/mol. The van der Waals surface area contributed by atoms with E-state index in [1.807, 2.05) is 0 Å². The van der Waals surface area contributed by atoms with Crippen LogP contribution in [0.15, 0.2) is 80.4 Å². The van der Waals surface area contributed by atoms with Gasteiger partial charge in [0.15, 0.2) is 28.4 Å². The normalized spacial score (nSPS) is 10.6. The lowest BCUT2D eigenvalue weighted by Crippen LogP contribution is -3.00. The lowest BCUT2D eigenvalue weighted by Gasteiger charge is -2.06. The minimum atomic E-state index is -0.490. The van der Waals surface area contributed by atoms with Gasteiger partial charge < -0.3 is 67.5 Å². The molecule has 6 aromatic rings. The summed E-state index contributed by atoms with van der Waals surface area (Å²) >= 11 is 0. The minimum Gasteiger partial charge on any atom is -1.00 e. The van der Waals surface area contributed by atoms with E-state index in [0.717, 1.165) is 18.2 Å². The molecular formula is C31H23ClO13. The topological polar surface area (TPSA) is 233 Å². The molecule has 0 unspecified atom stereocenters. The van der Waals surface area contributed by atoms with Gasteiger partial charge in [-0.3, -0.25) is 4.79 Å². The minimum absolute atomic E-state index is 0. The standard InChI is InChI=1S/C16H12O7.C15H10O6.ClH/c1-22-14-3-7(2-11(19)15(14)21)16-12(20)6-9-10(18)4-8(17)5-13(9)23-16;16-8-4-11(19)15-12(20)6-13(21-14(15)5-8)7-1-2-9(17)10(18)3-7;/h2-6H,1H3,(H4-,17,18,19,20,21);1-6,16-19H;1H. The van der Waals surface area contributed by atoms with Gasteiger partial charge >= 0.3 is 11.3 Å². The fraction of sp³-hybridized carbons (Fsp3) is 0.0323. The Labute approximate surface area is 258 Å². The molecule has 14 heteroatoms. The molecule has 6 rings (SSSR count). The van der Waals surface area contributed by atoms with Gasteiger partial charge in [0.1, 0.15) is 45.1 Å². The maximum atomic E-state index is 12.0. The Hall–Kier alpha value is -6.21. The van der Waals surface area contributed by atoms with E-state index in [-0.39, 0.29) is 97.4 Å². The summed E-state index contributed by atoms with van der Waals surface area (Å²) < 4.78 is 15.9. The molecule has 45 heavy (non-hydrogen) atoms. The van der Waals surface area contributed by atoms with Crippen molar-refractivity contribution in [3.63, 3.8) is 0 Å². The number of benzene rings is 4. The molecule has 0 aliphatic heterocycles.